The van der Waals surface area contributed by atoms with E-state index >= 15 is 0 Å². The van der Waals surface area contributed by atoms with Gasteiger partial charge >= 0.3 is 18.2 Å². The minimum atomic E-state index is -1.07. The molecule has 2 aromatic rings. The highest BCUT2D eigenvalue weighted by Crippen LogP contribution is 2.18. The molecule has 0 unspecified atom stereocenters. The minimum Gasteiger partial charge on any atom is -0.478 e. The second kappa shape index (κ2) is 10.9. The predicted octanol–water partition coefficient (Wildman–Crippen LogP) is 2.96. The third-order valence-corrected chi connectivity index (χ3v) is 4.99. The van der Waals surface area contributed by atoms with Gasteiger partial charge in [0, 0.05) is 56.5 Å². The number of aromatic carboxylic acids is 1. The number of hydrogen-bond donors (Lipinski definition) is 1. The summed E-state index contributed by atoms with van der Waals surface area (Å²) in [4.78, 5) is 58.4. The Balaban J connectivity index is 1.64. The molecule has 13 heteroatoms. The molecule has 3 rings (SSSR count). The summed E-state index contributed by atoms with van der Waals surface area (Å²) in [6.45, 7) is 12.6. The van der Waals surface area contributed by atoms with Gasteiger partial charge in [0.25, 0.3) is 0 Å². The van der Waals surface area contributed by atoms with Gasteiger partial charge in [-0.05, 0) is 41.5 Å². The molecule has 2 amide bonds. The van der Waals surface area contributed by atoms with Crippen LogP contribution in [0.25, 0.3) is 0 Å². The van der Waals surface area contributed by atoms with Gasteiger partial charge in [-0.15, -0.1) is 0 Å². The second-order valence-corrected chi connectivity index (χ2v) is 10.5. The number of carbonyl (C=O) groups is 3. The number of nitrogens with zero attached hydrogens (tertiary/aromatic N) is 7. The highest BCUT2D eigenvalue weighted by Gasteiger charge is 2.31. The maximum atomic E-state index is 12.7. The number of hydrogen-bond acceptors (Lipinski definition) is 11. The summed E-state index contributed by atoms with van der Waals surface area (Å²) in [5.74, 6) is -0.103. The lowest BCUT2D eigenvalue weighted by Crippen LogP contribution is -2.47. The molecule has 1 aliphatic rings. The fourth-order valence-electron chi connectivity index (χ4n) is 3.31. The highest BCUT2D eigenvalue weighted by atomic mass is 16.6. The Morgan fingerprint density at radius 2 is 1.16 bits per heavy atom. The van der Waals surface area contributed by atoms with Crippen LogP contribution >= 0.6 is 0 Å². The molecule has 0 saturated carbocycles. The van der Waals surface area contributed by atoms with Crippen LogP contribution in [-0.2, 0) is 16.0 Å². The molecule has 2 aromatic heterocycles. The predicted molar refractivity (Wildman–Crippen MR) is 133 cm³/mol. The molecular weight excluding hydrogens is 482 g/mol. The molecule has 3 heterocycles. The number of imide groups is 1. The fourth-order valence-corrected chi connectivity index (χ4v) is 3.31. The maximum absolute atomic E-state index is 12.7. The molecule has 0 aromatic carbocycles. The average Bonchev–Trinajstić information content (AvgIpc) is 2.81. The fraction of sp³-hybridized carbons (Fsp3) is 0.542. The molecule has 0 bridgehead atoms. The quantitative estimate of drug-likeness (QED) is 0.623. The number of rotatable bonds is 5. The average molecular weight is 516 g/mol. The van der Waals surface area contributed by atoms with Crippen LogP contribution in [0.1, 0.15) is 57.5 Å². The molecule has 1 saturated heterocycles. The van der Waals surface area contributed by atoms with Gasteiger partial charge in [0.15, 0.2) is 0 Å². The molecule has 1 N–H and O–H groups in total. The van der Waals surface area contributed by atoms with Crippen LogP contribution in [0.4, 0.5) is 21.5 Å². The Bertz CT molecular complexity index is 1070. The summed E-state index contributed by atoms with van der Waals surface area (Å²) >= 11 is 0. The monoisotopic (exact) mass is 515 g/mol. The Morgan fingerprint density at radius 3 is 1.51 bits per heavy atom. The van der Waals surface area contributed by atoms with E-state index in [2.05, 4.69) is 19.9 Å². The van der Waals surface area contributed by atoms with Crippen molar-refractivity contribution in [1.29, 1.82) is 0 Å². The van der Waals surface area contributed by atoms with E-state index in [0.29, 0.717) is 43.6 Å². The van der Waals surface area contributed by atoms with Crippen LogP contribution in [0, 0.1) is 0 Å². The zero-order valence-corrected chi connectivity index (χ0v) is 22.0. The molecule has 1 aliphatic heterocycles. The lowest BCUT2D eigenvalue weighted by molar-refractivity contribution is -0.000308. The van der Waals surface area contributed by atoms with Gasteiger partial charge in [-0.25, -0.2) is 39.2 Å². The van der Waals surface area contributed by atoms with Crippen molar-refractivity contribution in [2.45, 2.75) is 59.3 Å². The molecule has 37 heavy (non-hydrogen) atoms. The number of carboxylic acids is 1. The topological polar surface area (TPSA) is 151 Å². The van der Waals surface area contributed by atoms with Gasteiger partial charge in [-0.3, -0.25) is 0 Å². The summed E-state index contributed by atoms with van der Waals surface area (Å²) < 4.78 is 10.8. The first-order valence-electron chi connectivity index (χ1n) is 11.8. The van der Waals surface area contributed by atoms with Gasteiger partial charge in [-0.1, -0.05) is 0 Å². The first-order valence-corrected chi connectivity index (χ1v) is 11.8. The number of aromatic nitrogens is 4. The maximum Gasteiger partial charge on any atom is 0.420 e. The molecule has 0 spiro atoms. The van der Waals surface area contributed by atoms with Crippen molar-refractivity contribution in [2.24, 2.45) is 0 Å². The third kappa shape index (κ3) is 7.98. The van der Waals surface area contributed by atoms with Gasteiger partial charge in [0.2, 0.25) is 11.9 Å². The summed E-state index contributed by atoms with van der Waals surface area (Å²) in [7, 11) is 0. The van der Waals surface area contributed by atoms with Crippen molar-refractivity contribution in [3.63, 3.8) is 0 Å². The SMILES string of the molecule is CC(C)(C)OC(=O)N(Cc1cnc(N2CCN(c3ncc(C(=O)O)cn3)CC2)nc1)C(=O)OC(C)(C)C. The number of carbonyl (C=O) groups excluding carboxylic acids is 2. The number of piperazine rings is 1. The van der Waals surface area contributed by atoms with E-state index in [0.717, 1.165) is 4.90 Å². The largest absolute Gasteiger partial charge is 0.478 e. The van der Waals surface area contributed by atoms with E-state index in [-0.39, 0.29) is 12.1 Å². The third-order valence-electron chi connectivity index (χ3n) is 4.99. The van der Waals surface area contributed by atoms with Crippen LogP contribution < -0.4 is 9.80 Å². The molecule has 200 valence electrons. The Labute approximate surface area is 215 Å². The van der Waals surface area contributed by atoms with Crippen LogP contribution in [0.2, 0.25) is 0 Å². The zero-order valence-electron chi connectivity index (χ0n) is 22.0. The van der Waals surface area contributed by atoms with E-state index < -0.39 is 29.4 Å². The van der Waals surface area contributed by atoms with Crippen molar-refractivity contribution in [1.82, 2.24) is 24.8 Å². The van der Waals surface area contributed by atoms with Gasteiger partial charge in [-0.2, -0.15) is 0 Å². The first-order chi connectivity index (χ1) is 17.2. The Hall–Kier alpha value is -4.03. The van der Waals surface area contributed by atoms with Crippen LogP contribution in [0.15, 0.2) is 24.8 Å². The Kier molecular flexibility index (Phi) is 8.14. The van der Waals surface area contributed by atoms with Crippen LogP contribution in [0.3, 0.4) is 0 Å². The Morgan fingerprint density at radius 1 is 0.784 bits per heavy atom. The van der Waals surface area contributed by atoms with Crippen molar-refractivity contribution in [3.8, 4) is 0 Å². The van der Waals surface area contributed by atoms with E-state index in [1.165, 1.54) is 12.4 Å². The normalized spacial score (nSPS) is 14.2. The molecular formula is C24H33N7O6. The number of amides is 2. The highest BCUT2D eigenvalue weighted by molar-refractivity contribution is 5.88. The van der Waals surface area contributed by atoms with Crippen molar-refractivity contribution in [2.75, 3.05) is 36.0 Å². The smallest absolute Gasteiger partial charge is 0.420 e. The molecule has 0 atom stereocenters. The summed E-state index contributed by atoms with van der Waals surface area (Å²) in [5.41, 5.74) is -1.01. The number of carboxylic acid groups (broad SMARTS) is 1. The second-order valence-electron chi connectivity index (χ2n) is 10.5. The zero-order chi connectivity index (χ0) is 27.4. The number of ether oxygens (including phenoxy) is 2. The number of anilines is 2. The lowest BCUT2D eigenvalue weighted by atomic mass is 10.2. The van der Waals surface area contributed by atoms with E-state index in [9.17, 15) is 14.4 Å². The van der Waals surface area contributed by atoms with Crippen molar-refractivity contribution < 1.29 is 29.0 Å². The van der Waals surface area contributed by atoms with Gasteiger partial charge in [0.05, 0.1) is 12.1 Å². The first kappa shape index (κ1) is 27.6. The summed E-state index contributed by atoms with van der Waals surface area (Å²) in [5, 5.41) is 9.00. The van der Waals surface area contributed by atoms with E-state index in [4.69, 9.17) is 14.6 Å². The molecule has 13 nitrogen and oxygen atoms in total. The van der Waals surface area contributed by atoms with Crippen LogP contribution in [0.5, 0.6) is 0 Å². The molecule has 0 radical (unpaired) electrons. The van der Waals surface area contributed by atoms with E-state index in [1.807, 2.05) is 9.80 Å². The minimum absolute atomic E-state index is 0.0350. The van der Waals surface area contributed by atoms with Crippen molar-refractivity contribution in [3.05, 3.63) is 35.9 Å². The standard InChI is InChI=1S/C24H33N7O6/c1-23(2,3)36-21(34)31(22(35)37-24(4,5)6)15-16-11-25-19(26-12-16)29-7-9-30(10-8-29)20-27-13-17(14-28-20)18(32)33/h11-14H,7-10,15H2,1-6H3,(H,32,33). The lowest BCUT2D eigenvalue weighted by Gasteiger charge is -2.34. The summed E-state index contributed by atoms with van der Waals surface area (Å²) in [6.07, 6.45) is 4.06. The van der Waals surface area contributed by atoms with Crippen LogP contribution in [-0.4, -0.2) is 85.5 Å². The molecule has 0 aliphatic carbocycles. The molecule has 1 fully saturated rings. The summed E-state index contributed by atoms with van der Waals surface area (Å²) in [6, 6.07) is 0. The van der Waals surface area contributed by atoms with Gasteiger partial charge in [0.1, 0.15) is 11.2 Å². The van der Waals surface area contributed by atoms with Gasteiger partial charge < -0.3 is 24.4 Å². The van der Waals surface area contributed by atoms with E-state index in [1.54, 1.807) is 53.9 Å². The van der Waals surface area contributed by atoms with Crippen molar-refractivity contribution >= 4 is 30.1 Å².